The summed E-state index contributed by atoms with van der Waals surface area (Å²) in [6, 6.07) is 17.2. The zero-order valence-electron chi connectivity index (χ0n) is 19.1. The van der Waals surface area contributed by atoms with Gasteiger partial charge in [0.05, 0.1) is 13.2 Å². The number of hydrogen-bond donors (Lipinski definition) is 2. The Labute approximate surface area is 196 Å². The van der Waals surface area contributed by atoms with Gasteiger partial charge in [-0.25, -0.2) is 13.1 Å². The lowest BCUT2D eigenvalue weighted by Gasteiger charge is -2.35. The first kappa shape index (κ1) is 25.0. The van der Waals surface area contributed by atoms with E-state index in [9.17, 15) is 13.2 Å². The Kier molecular flexibility index (Phi) is 9.47. The van der Waals surface area contributed by atoms with E-state index in [0.717, 1.165) is 48.2 Å². The highest BCUT2D eigenvalue weighted by Crippen LogP contribution is 2.25. The number of sulfonamides is 1. The molecule has 1 saturated heterocycles. The summed E-state index contributed by atoms with van der Waals surface area (Å²) in [5.41, 5.74) is 1.92. The highest BCUT2D eigenvalue weighted by molar-refractivity contribution is 7.92. The summed E-state index contributed by atoms with van der Waals surface area (Å²) in [6.07, 6.45) is 5.14. The van der Waals surface area contributed by atoms with Gasteiger partial charge in [0.15, 0.2) is 0 Å². The minimum absolute atomic E-state index is 0.0458. The molecule has 0 spiro atoms. The Morgan fingerprint density at radius 3 is 2.42 bits per heavy atom. The Morgan fingerprint density at radius 2 is 1.76 bits per heavy atom. The van der Waals surface area contributed by atoms with E-state index in [1.807, 2.05) is 54.6 Å². The molecule has 7 nitrogen and oxygen atoms in total. The van der Waals surface area contributed by atoms with E-state index in [0.29, 0.717) is 6.54 Å². The minimum atomic E-state index is -3.60. The fourth-order valence-corrected chi connectivity index (χ4v) is 4.72. The Balaban J connectivity index is 1.50. The molecule has 1 unspecified atom stereocenters. The monoisotopic (exact) mass is 471 g/mol. The molecule has 0 saturated carbocycles. The van der Waals surface area contributed by atoms with Crippen molar-refractivity contribution in [2.24, 2.45) is 0 Å². The second-order valence-electron chi connectivity index (χ2n) is 8.09. The fraction of sp³-hybridized carbons (Fsp3) is 0.400. The molecule has 3 rings (SSSR count). The van der Waals surface area contributed by atoms with Crippen molar-refractivity contribution in [2.75, 3.05) is 33.3 Å². The Hall–Kier alpha value is -2.68. The Morgan fingerprint density at radius 1 is 1.06 bits per heavy atom. The third-order valence-corrected chi connectivity index (χ3v) is 6.82. The van der Waals surface area contributed by atoms with Gasteiger partial charge in [-0.3, -0.25) is 9.69 Å². The van der Waals surface area contributed by atoms with Gasteiger partial charge >= 0.3 is 0 Å². The van der Waals surface area contributed by atoms with Crippen LogP contribution in [0.4, 0.5) is 0 Å². The largest absolute Gasteiger partial charge is 0.497 e. The molecule has 1 aliphatic rings. The van der Waals surface area contributed by atoms with E-state index in [4.69, 9.17) is 4.74 Å². The van der Waals surface area contributed by atoms with Gasteiger partial charge in [0, 0.05) is 24.9 Å². The first-order valence-electron chi connectivity index (χ1n) is 11.3. The van der Waals surface area contributed by atoms with Crippen LogP contribution in [0.1, 0.15) is 42.9 Å². The molecule has 1 atom stereocenters. The maximum absolute atomic E-state index is 12.4. The third kappa shape index (κ3) is 8.31. The van der Waals surface area contributed by atoms with Gasteiger partial charge in [-0.2, -0.15) is 0 Å². The number of rotatable bonds is 11. The normalized spacial score (nSPS) is 15.9. The van der Waals surface area contributed by atoms with Crippen LogP contribution < -0.4 is 14.8 Å². The maximum Gasteiger partial charge on any atom is 0.233 e. The number of carbonyl (C=O) groups excluding carboxylic acids is 1. The lowest BCUT2D eigenvalue weighted by atomic mass is 10.0. The van der Waals surface area contributed by atoms with Gasteiger partial charge < -0.3 is 10.1 Å². The molecule has 178 valence electrons. The van der Waals surface area contributed by atoms with Crippen LogP contribution in [-0.2, 0) is 14.8 Å². The topological polar surface area (TPSA) is 87.7 Å². The zero-order valence-corrected chi connectivity index (χ0v) is 19.9. The van der Waals surface area contributed by atoms with Crippen molar-refractivity contribution in [2.45, 2.75) is 31.7 Å². The van der Waals surface area contributed by atoms with Crippen LogP contribution in [0.5, 0.6) is 5.75 Å². The molecule has 0 bridgehead atoms. The molecule has 1 fully saturated rings. The van der Waals surface area contributed by atoms with Crippen LogP contribution in [-0.4, -0.2) is 52.5 Å². The van der Waals surface area contributed by atoms with Crippen LogP contribution in [0.3, 0.4) is 0 Å². The lowest BCUT2D eigenvalue weighted by Crippen LogP contribution is -2.41. The van der Waals surface area contributed by atoms with Crippen molar-refractivity contribution in [1.29, 1.82) is 0 Å². The van der Waals surface area contributed by atoms with Crippen LogP contribution in [0, 0.1) is 0 Å². The number of carbonyl (C=O) groups is 1. The molecular formula is C25H33N3O4S. The second-order valence-corrected chi connectivity index (χ2v) is 9.74. The van der Waals surface area contributed by atoms with Gasteiger partial charge in [0.25, 0.3) is 0 Å². The van der Waals surface area contributed by atoms with Crippen molar-refractivity contribution in [3.8, 4) is 5.75 Å². The number of methoxy groups -OCH3 is 1. The number of likely N-dealkylation sites (tertiary alicyclic amines) is 1. The average molecular weight is 472 g/mol. The summed E-state index contributed by atoms with van der Waals surface area (Å²) in [4.78, 5) is 14.8. The summed E-state index contributed by atoms with van der Waals surface area (Å²) < 4.78 is 32.0. The standard InChI is InChI=1S/C25H33N3O4S/c1-32-23-12-10-22(11-13-23)24(28-17-6-3-7-18-28)20-26-25(29)14-16-27-33(30,31)19-15-21-8-4-2-5-9-21/h2,4-5,8-13,15,19,24,27H,3,6-7,14,16-18,20H2,1H3,(H,26,29)/b19-15+. The highest BCUT2D eigenvalue weighted by Gasteiger charge is 2.23. The van der Waals surface area contributed by atoms with E-state index in [1.54, 1.807) is 7.11 Å². The summed E-state index contributed by atoms with van der Waals surface area (Å²) >= 11 is 0. The predicted molar refractivity (Wildman–Crippen MR) is 131 cm³/mol. The highest BCUT2D eigenvalue weighted by atomic mass is 32.2. The second kappa shape index (κ2) is 12.5. The quantitative estimate of drug-likeness (QED) is 0.525. The van der Waals surface area contributed by atoms with Crippen molar-refractivity contribution in [1.82, 2.24) is 14.9 Å². The predicted octanol–water partition coefficient (Wildman–Crippen LogP) is 3.32. The molecule has 2 N–H and O–H groups in total. The van der Waals surface area contributed by atoms with Crippen molar-refractivity contribution < 1.29 is 17.9 Å². The minimum Gasteiger partial charge on any atom is -0.497 e. The fourth-order valence-electron chi connectivity index (χ4n) is 3.90. The van der Waals surface area contributed by atoms with Crippen molar-refractivity contribution in [3.63, 3.8) is 0 Å². The van der Waals surface area contributed by atoms with Gasteiger partial charge in [-0.05, 0) is 55.3 Å². The number of amides is 1. The molecule has 2 aromatic rings. The van der Waals surface area contributed by atoms with E-state index in [2.05, 4.69) is 14.9 Å². The number of ether oxygens (including phenoxy) is 1. The van der Waals surface area contributed by atoms with Crippen molar-refractivity contribution in [3.05, 3.63) is 71.1 Å². The molecule has 1 amide bonds. The summed E-state index contributed by atoms with van der Waals surface area (Å²) in [6.45, 7) is 2.52. The van der Waals surface area contributed by atoms with E-state index >= 15 is 0 Å². The number of benzene rings is 2. The first-order chi connectivity index (χ1) is 16.0. The van der Waals surface area contributed by atoms with Gasteiger partial charge in [-0.15, -0.1) is 0 Å². The SMILES string of the molecule is COc1ccc(C(CNC(=O)CCNS(=O)(=O)/C=C/c2ccccc2)N2CCCCC2)cc1. The summed E-state index contributed by atoms with van der Waals surface area (Å²) in [7, 11) is -1.96. The van der Waals surface area contributed by atoms with Gasteiger partial charge in [0.2, 0.25) is 15.9 Å². The number of hydrogen-bond acceptors (Lipinski definition) is 5. The molecule has 2 aromatic carbocycles. The molecule has 0 aromatic heterocycles. The number of nitrogens with one attached hydrogen (secondary N) is 2. The van der Waals surface area contributed by atoms with Crippen LogP contribution in [0.2, 0.25) is 0 Å². The van der Waals surface area contributed by atoms with E-state index in [-0.39, 0.29) is 24.9 Å². The van der Waals surface area contributed by atoms with Crippen LogP contribution in [0.25, 0.3) is 6.08 Å². The van der Waals surface area contributed by atoms with Crippen molar-refractivity contribution >= 4 is 22.0 Å². The Bertz CT molecular complexity index is 1000. The zero-order chi connectivity index (χ0) is 23.5. The number of piperidine rings is 1. The van der Waals surface area contributed by atoms with Gasteiger partial charge in [0.1, 0.15) is 5.75 Å². The molecule has 33 heavy (non-hydrogen) atoms. The third-order valence-electron chi connectivity index (χ3n) is 5.72. The molecule has 1 heterocycles. The lowest BCUT2D eigenvalue weighted by molar-refractivity contribution is -0.121. The molecule has 0 aliphatic carbocycles. The maximum atomic E-state index is 12.4. The van der Waals surface area contributed by atoms with Crippen LogP contribution in [0.15, 0.2) is 60.0 Å². The van der Waals surface area contributed by atoms with Crippen LogP contribution >= 0.6 is 0 Å². The van der Waals surface area contributed by atoms with E-state index < -0.39 is 10.0 Å². The number of nitrogens with zero attached hydrogens (tertiary/aromatic N) is 1. The van der Waals surface area contributed by atoms with E-state index in [1.165, 1.54) is 12.5 Å². The van der Waals surface area contributed by atoms with Gasteiger partial charge in [-0.1, -0.05) is 48.9 Å². The summed E-state index contributed by atoms with van der Waals surface area (Å²) in [5.74, 6) is 0.619. The molecular weight excluding hydrogens is 438 g/mol. The molecule has 1 aliphatic heterocycles. The average Bonchev–Trinajstić information content (AvgIpc) is 2.84. The first-order valence-corrected chi connectivity index (χ1v) is 12.9. The smallest absolute Gasteiger partial charge is 0.233 e. The molecule has 0 radical (unpaired) electrons. The summed E-state index contributed by atoms with van der Waals surface area (Å²) in [5, 5.41) is 4.11. The molecule has 8 heteroatoms.